The highest BCUT2D eigenvalue weighted by molar-refractivity contribution is 14.0. The molecule has 3 rings (SSSR count). The lowest BCUT2D eigenvalue weighted by molar-refractivity contribution is 0.123. The van der Waals surface area contributed by atoms with Crippen LogP contribution in [0.3, 0.4) is 0 Å². The lowest BCUT2D eigenvalue weighted by Crippen LogP contribution is -2.38. The van der Waals surface area contributed by atoms with Gasteiger partial charge in [-0.2, -0.15) is 0 Å². The number of guanidine groups is 1. The maximum Gasteiger partial charge on any atom is 0.191 e. The Bertz CT molecular complexity index is 741. The van der Waals surface area contributed by atoms with Crippen molar-refractivity contribution in [3.63, 3.8) is 0 Å². The van der Waals surface area contributed by atoms with Gasteiger partial charge in [-0.15, -0.1) is 24.0 Å². The zero-order valence-corrected chi connectivity index (χ0v) is 19.4. The van der Waals surface area contributed by atoms with Crippen LogP contribution in [0.25, 0.3) is 11.0 Å². The van der Waals surface area contributed by atoms with Crippen molar-refractivity contribution in [2.24, 2.45) is 10.9 Å². The number of nitrogens with zero attached hydrogens (tertiary/aromatic N) is 3. The first-order valence-electron chi connectivity index (χ1n) is 10.3. The van der Waals surface area contributed by atoms with Crippen LogP contribution < -0.4 is 10.6 Å². The Morgan fingerprint density at radius 2 is 2.07 bits per heavy atom. The summed E-state index contributed by atoms with van der Waals surface area (Å²) in [5.74, 6) is 2.80. The Labute approximate surface area is 185 Å². The number of para-hydroxylation sites is 2. The molecule has 0 aliphatic heterocycles. The van der Waals surface area contributed by atoms with E-state index < -0.39 is 0 Å². The van der Waals surface area contributed by atoms with Gasteiger partial charge in [0, 0.05) is 39.4 Å². The SMILES string of the molecule is CCNC(=NCCCn1c(C)nc2ccccc21)NCCCOCC1CC1.I. The number of aliphatic imine (C=N–C) groups is 1. The Kier molecular flexibility index (Phi) is 10.0. The lowest BCUT2D eigenvalue weighted by Gasteiger charge is -2.12. The Morgan fingerprint density at radius 1 is 1.25 bits per heavy atom. The summed E-state index contributed by atoms with van der Waals surface area (Å²) in [7, 11) is 0. The molecule has 0 saturated heterocycles. The third-order valence-electron chi connectivity index (χ3n) is 4.81. The van der Waals surface area contributed by atoms with Gasteiger partial charge in [0.25, 0.3) is 0 Å². The van der Waals surface area contributed by atoms with Crippen LogP contribution in [0.5, 0.6) is 0 Å². The Hall–Kier alpha value is -1.35. The highest BCUT2D eigenvalue weighted by Gasteiger charge is 2.20. The van der Waals surface area contributed by atoms with Gasteiger partial charge in [0.1, 0.15) is 5.82 Å². The van der Waals surface area contributed by atoms with Crippen molar-refractivity contribution >= 4 is 41.0 Å². The molecule has 1 aliphatic carbocycles. The zero-order chi connectivity index (χ0) is 18.9. The molecule has 1 aromatic carbocycles. The minimum atomic E-state index is 0. The summed E-state index contributed by atoms with van der Waals surface area (Å²) in [4.78, 5) is 9.33. The molecule has 7 heteroatoms. The number of rotatable bonds is 11. The second-order valence-electron chi connectivity index (χ2n) is 7.21. The van der Waals surface area contributed by atoms with E-state index in [0.29, 0.717) is 0 Å². The molecule has 1 aromatic heterocycles. The van der Waals surface area contributed by atoms with Crippen LogP contribution in [0.4, 0.5) is 0 Å². The summed E-state index contributed by atoms with van der Waals surface area (Å²) in [5, 5.41) is 6.71. The largest absolute Gasteiger partial charge is 0.381 e. The monoisotopic (exact) mass is 499 g/mol. The fourth-order valence-electron chi connectivity index (χ4n) is 3.16. The van der Waals surface area contributed by atoms with E-state index in [-0.39, 0.29) is 24.0 Å². The molecule has 0 spiro atoms. The molecule has 156 valence electrons. The van der Waals surface area contributed by atoms with Crippen molar-refractivity contribution < 1.29 is 4.74 Å². The standard InChI is InChI=1S/C21H33N5O.HI/c1-3-22-21(24-13-7-15-27-16-18-10-11-18)23-12-6-14-26-17(2)25-19-8-4-5-9-20(19)26;/h4-5,8-9,18H,3,6-7,10-16H2,1-2H3,(H2,22,23,24);1H. The number of benzene rings is 1. The normalized spacial score (nSPS) is 14.1. The maximum atomic E-state index is 5.68. The predicted octanol–water partition coefficient (Wildman–Crippen LogP) is 3.72. The minimum Gasteiger partial charge on any atom is -0.381 e. The van der Waals surface area contributed by atoms with E-state index in [1.54, 1.807) is 0 Å². The molecule has 0 atom stereocenters. The van der Waals surface area contributed by atoms with Gasteiger partial charge in [0.2, 0.25) is 0 Å². The fourth-order valence-corrected chi connectivity index (χ4v) is 3.16. The summed E-state index contributed by atoms with van der Waals surface area (Å²) in [6, 6.07) is 8.31. The summed E-state index contributed by atoms with van der Waals surface area (Å²) < 4.78 is 7.96. The molecular weight excluding hydrogens is 465 g/mol. The second kappa shape index (κ2) is 12.3. The fraction of sp³-hybridized carbons (Fsp3) is 0.619. The van der Waals surface area contributed by atoms with Crippen LogP contribution >= 0.6 is 24.0 Å². The molecule has 0 radical (unpaired) electrons. The van der Waals surface area contributed by atoms with Gasteiger partial charge in [-0.05, 0) is 57.6 Å². The second-order valence-corrected chi connectivity index (χ2v) is 7.21. The van der Waals surface area contributed by atoms with Crippen LogP contribution in [0.15, 0.2) is 29.3 Å². The molecule has 0 unspecified atom stereocenters. The lowest BCUT2D eigenvalue weighted by atomic mass is 10.3. The van der Waals surface area contributed by atoms with Crippen molar-refractivity contribution in [1.29, 1.82) is 0 Å². The van der Waals surface area contributed by atoms with Crippen molar-refractivity contribution in [1.82, 2.24) is 20.2 Å². The van der Waals surface area contributed by atoms with Crippen LogP contribution in [0.1, 0.15) is 38.4 Å². The molecule has 28 heavy (non-hydrogen) atoms. The molecule has 2 N–H and O–H groups in total. The molecule has 1 heterocycles. The first-order valence-corrected chi connectivity index (χ1v) is 10.3. The number of ether oxygens (including phenoxy) is 1. The van der Waals surface area contributed by atoms with Gasteiger partial charge in [0.15, 0.2) is 5.96 Å². The molecule has 0 bridgehead atoms. The van der Waals surface area contributed by atoms with Gasteiger partial charge < -0.3 is 19.9 Å². The quantitative estimate of drug-likeness (QED) is 0.214. The van der Waals surface area contributed by atoms with Crippen molar-refractivity contribution in [2.75, 3.05) is 32.8 Å². The number of fused-ring (bicyclic) bond motifs is 1. The van der Waals surface area contributed by atoms with Crippen LogP contribution in [-0.2, 0) is 11.3 Å². The molecule has 1 aliphatic rings. The number of hydrogen-bond acceptors (Lipinski definition) is 3. The van der Waals surface area contributed by atoms with Gasteiger partial charge in [0.05, 0.1) is 11.0 Å². The first-order chi connectivity index (χ1) is 13.3. The van der Waals surface area contributed by atoms with Gasteiger partial charge in [-0.3, -0.25) is 4.99 Å². The van der Waals surface area contributed by atoms with Gasteiger partial charge in [-0.25, -0.2) is 4.98 Å². The number of nitrogens with one attached hydrogen (secondary N) is 2. The van der Waals surface area contributed by atoms with Crippen molar-refractivity contribution in [3.05, 3.63) is 30.1 Å². The predicted molar refractivity (Wildman–Crippen MR) is 127 cm³/mol. The van der Waals surface area contributed by atoms with E-state index in [0.717, 1.165) is 75.5 Å². The van der Waals surface area contributed by atoms with Crippen molar-refractivity contribution in [2.45, 2.75) is 46.1 Å². The highest BCUT2D eigenvalue weighted by Crippen LogP contribution is 2.28. The molecular formula is C21H34IN5O. The van der Waals surface area contributed by atoms with E-state index in [2.05, 4.69) is 52.2 Å². The number of hydrogen-bond donors (Lipinski definition) is 2. The minimum absolute atomic E-state index is 0. The molecule has 0 amide bonds. The average molecular weight is 499 g/mol. The Morgan fingerprint density at radius 3 is 2.86 bits per heavy atom. The highest BCUT2D eigenvalue weighted by atomic mass is 127. The average Bonchev–Trinajstić information content (AvgIpc) is 3.44. The number of halogens is 1. The number of aromatic nitrogens is 2. The van der Waals surface area contributed by atoms with E-state index in [4.69, 9.17) is 9.73 Å². The topological polar surface area (TPSA) is 63.5 Å². The van der Waals surface area contributed by atoms with E-state index in [9.17, 15) is 0 Å². The van der Waals surface area contributed by atoms with E-state index in [1.165, 1.54) is 18.4 Å². The van der Waals surface area contributed by atoms with E-state index >= 15 is 0 Å². The summed E-state index contributed by atoms with van der Waals surface area (Å²) in [6.45, 7) is 9.42. The Balaban J connectivity index is 0.00000280. The van der Waals surface area contributed by atoms with Crippen LogP contribution in [0, 0.1) is 12.8 Å². The zero-order valence-electron chi connectivity index (χ0n) is 17.1. The first kappa shape index (κ1) is 22.9. The van der Waals surface area contributed by atoms with Crippen LogP contribution in [0.2, 0.25) is 0 Å². The van der Waals surface area contributed by atoms with Gasteiger partial charge in [-0.1, -0.05) is 12.1 Å². The number of aryl methyl sites for hydroxylation is 2. The maximum absolute atomic E-state index is 5.68. The van der Waals surface area contributed by atoms with Crippen molar-refractivity contribution in [3.8, 4) is 0 Å². The third-order valence-corrected chi connectivity index (χ3v) is 4.81. The number of imidazole rings is 1. The molecule has 1 saturated carbocycles. The summed E-state index contributed by atoms with van der Waals surface area (Å²) in [6.07, 6.45) is 4.70. The third kappa shape index (κ3) is 7.24. The smallest absolute Gasteiger partial charge is 0.191 e. The van der Waals surface area contributed by atoms with Gasteiger partial charge >= 0.3 is 0 Å². The van der Waals surface area contributed by atoms with E-state index in [1.807, 2.05) is 6.07 Å². The summed E-state index contributed by atoms with van der Waals surface area (Å²) in [5.41, 5.74) is 2.27. The molecule has 2 aromatic rings. The van der Waals surface area contributed by atoms with Crippen LogP contribution in [-0.4, -0.2) is 48.4 Å². The molecule has 6 nitrogen and oxygen atoms in total. The summed E-state index contributed by atoms with van der Waals surface area (Å²) >= 11 is 0. The molecule has 1 fully saturated rings.